The third kappa shape index (κ3) is 10.3. The van der Waals surface area contributed by atoms with E-state index in [1.54, 1.807) is 62.8 Å². The second-order valence-corrected chi connectivity index (χ2v) is 6.80. The van der Waals surface area contributed by atoms with Crippen LogP contribution in [0.5, 0.6) is 11.5 Å². The number of methoxy groups -OCH3 is 2. The van der Waals surface area contributed by atoms with E-state index in [1.807, 2.05) is 0 Å². The monoisotopic (exact) mass is 456 g/mol. The van der Waals surface area contributed by atoms with Crippen LogP contribution < -0.4 is 25.5 Å². The maximum Gasteiger partial charge on any atom is 0.262 e. The quantitative estimate of drug-likeness (QED) is 0.182. The molecule has 3 amide bonds. The minimum atomic E-state index is -0.515. The second-order valence-electron chi connectivity index (χ2n) is 6.80. The summed E-state index contributed by atoms with van der Waals surface area (Å²) in [5.41, 5.74) is 3.65. The van der Waals surface area contributed by atoms with Crippen molar-refractivity contribution >= 4 is 29.6 Å². The molecule has 176 valence electrons. The van der Waals surface area contributed by atoms with Crippen molar-refractivity contribution in [2.24, 2.45) is 5.10 Å². The Morgan fingerprint density at radius 3 is 2.27 bits per heavy atom. The van der Waals surface area contributed by atoms with Crippen molar-refractivity contribution in [1.82, 2.24) is 10.7 Å². The molecule has 0 spiro atoms. The molecule has 0 aliphatic heterocycles. The molecule has 0 saturated carbocycles. The first-order chi connectivity index (χ1) is 16.0. The molecule has 0 atom stereocenters. The Bertz CT molecular complexity index is 929. The number of amides is 3. The number of hydrogen-bond donors (Lipinski definition) is 3. The van der Waals surface area contributed by atoms with Crippen molar-refractivity contribution in [2.45, 2.75) is 12.8 Å². The molecule has 10 heteroatoms. The van der Waals surface area contributed by atoms with Gasteiger partial charge in [-0.2, -0.15) is 5.10 Å². The van der Waals surface area contributed by atoms with E-state index in [2.05, 4.69) is 21.2 Å². The minimum absolute atomic E-state index is 0.150. The van der Waals surface area contributed by atoms with E-state index >= 15 is 0 Å². The van der Waals surface area contributed by atoms with Gasteiger partial charge < -0.3 is 24.8 Å². The fourth-order valence-corrected chi connectivity index (χ4v) is 2.54. The van der Waals surface area contributed by atoms with Gasteiger partial charge in [0.05, 0.1) is 13.3 Å². The third-order valence-corrected chi connectivity index (χ3v) is 4.20. The Morgan fingerprint density at radius 1 is 0.909 bits per heavy atom. The molecule has 3 N–H and O–H groups in total. The number of benzene rings is 2. The van der Waals surface area contributed by atoms with Gasteiger partial charge in [0.15, 0.2) is 6.61 Å². The maximum atomic E-state index is 12.0. The van der Waals surface area contributed by atoms with Gasteiger partial charge >= 0.3 is 0 Å². The van der Waals surface area contributed by atoms with E-state index < -0.39 is 5.91 Å². The highest BCUT2D eigenvalue weighted by Crippen LogP contribution is 2.15. The summed E-state index contributed by atoms with van der Waals surface area (Å²) in [5, 5.41) is 9.18. The van der Waals surface area contributed by atoms with Crippen LogP contribution in [0.15, 0.2) is 53.6 Å². The molecule has 2 rings (SSSR count). The van der Waals surface area contributed by atoms with Crippen LogP contribution in [0.3, 0.4) is 0 Å². The molecule has 0 aromatic heterocycles. The number of hydrazone groups is 1. The summed E-state index contributed by atoms with van der Waals surface area (Å²) in [6.07, 6.45) is 1.80. The van der Waals surface area contributed by atoms with E-state index in [0.717, 1.165) is 0 Å². The third-order valence-electron chi connectivity index (χ3n) is 4.20. The number of carbonyl (C=O) groups is 3. The van der Waals surface area contributed by atoms with Gasteiger partial charge in [-0.1, -0.05) is 0 Å². The largest absolute Gasteiger partial charge is 0.497 e. The summed E-state index contributed by atoms with van der Waals surface area (Å²) in [6, 6.07) is 13.8. The van der Waals surface area contributed by atoms with Crippen molar-refractivity contribution < 1.29 is 28.6 Å². The Labute approximate surface area is 192 Å². The maximum absolute atomic E-state index is 12.0. The number of carbonyl (C=O) groups excluding carboxylic acids is 3. The number of nitrogens with zero attached hydrogens (tertiary/aromatic N) is 1. The smallest absolute Gasteiger partial charge is 0.262 e. The molecular weight excluding hydrogens is 428 g/mol. The van der Waals surface area contributed by atoms with Crippen LogP contribution in [0.25, 0.3) is 0 Å². The molecule has 0 saturated heterocycles. The molecule has 0 radical (unpaired) electrons. The second kappa shape index (κ2) is 14.2. The highest BCUT2D eigenvalue weighted by atomic mass is 16.5. The van der Waals surface area contributed by atoms with E-state index in [1.165, 1.54) is 6.21 Å². The van der Waals surface area contributed by atoms with Gasteiger partial charge in [0, 0.05) is 25.9 Å². The first-order valence-electron chi connectivity index (χ1n) is 10.2. The zero-order chi connectivity index (χ0) is 23.9. The minimum Gasteiger partial charge on any atom is -0.497 e. The normalized spacial score (nSPS) is 10.5. The van der Waals surface area contributed by atoms with Gasteiger partial charge in [-0.15, -0.1) is 0 Å². The zero-order valence-corrected chi connectivity index (χ0v) is 18.6. The van der Waals surface area contributed by atoms with Crippen LogP contribution in [0.1, 0.15) is 18.4 Å². The Balaban J connectivity index is 1.69. The summed E-state index contributed by atoms with van der Waals surface area (Å²) in [6.45, 7) is 0.835. The summed E-state index contributed by atoms with van der Waals surface area (Å²) < 4.78 is 15.4. The number of anilines is 1. The van der Waals surface area contributed by atoms with Gasteiger partial charge in [-0.05, 0) is 60.5 Å². The van der Waals surface area contributed by atoms with Crippen LogP contribution in [-0.2, 0) is 19.1 Å². The SMILES string of the molecule is COCCCNC(=O)CC(=O)N/N=C/c1ccc(OCC(=O)Nc2ccc(OC)cc2)cc1. The standard InChI is InChI=1S/C23H28N4O6/c1-31-13-3-12-24-21(28)14-22(29)27-25-15-17-4-8-20(9-5-17)33-16-23(30)26-18-6-10-19(32-2)11-7-18/h4-11,15H,3,12-14,16H2,1-2H3,(H,24,28)(H,26,30)(H,27,29)/b25-15+. The van der Waals surface area contributed by atoms with Crippen LogP contribution >= 0.6 is 0 Å². The lowest BCUT2D eigenvalue weighted by molar-refractivity contribution is -0.129. The molecular formula is C23H28N4O6. The van der Waals surface area contributed by atoms with Crippen LogP contribution in [0, 0.1) is 0 Å². The van der Waals surface area contributed by atoms with Crippen molar-refractivity contribution in [3.63, 3.8) is 0 Å². The van der Waals surface area contributed by atoms with Gasteiger partial charge in [-0.3, -0.25) is 14.4 Å². The molecule has 0 bridgehead atoms. The average Bonchev–Trinajstić information content (AvgIpc) is 2.82. The van der Waals surface area contributed by atoms with Gasteiger partial charge in [0.1, 0.15) is 17.9 Å². The van der Waals surface area contributed by atoms with Crippen LogP contribution in [0.4, 0.5) is 5.69 Å². The average molecular weight is 456 g/mol. The molecule has 0 fully saturated rings. The van der Waals surface area contributed by atoms with E-state index in [4.69, 9.17) is 14.2 Å². The number of nitrogens with one attached hydrogen (secondary N) is 3. The highest BCUT2D eigenvalue weighted by molar-refractivity contribution is 5.97. The Kier molecular flexibility index (Phi) is 10.9. The summed E-state index contributed by atoms with van der Waals surface area (Å²) in [5.74, 6) is 0.0174. The highest BCUT2D eigenvalue weighted by Gasteiger charge is 2.08. The molecule has 2 aromatic rings. The number of ether oxygens (including phenoxy) is 3. The van der Waals surface area contributed by atoms with Gasteiger partial charge in [0.25, 0.3) is 5.91 Å². The number of hydrogen-bond acceptors (Lipinski definition) is 7. The fourth-order valence-electron chi connectivity index (χ4n) is 2.54. The Morgan fingerprint density at radius 2 is 1.61 bits per heavy atom. The van der Waals surface area contributed by atoms with Gasteiger partial charge in [-0.25, -0.2) is 5.43 Å². The molecule has 10 nitrogen and oxygen atoms in total. The zero-order valence-electron chi connectivity index (χ0n) is 18.6. The molecule has 33 heavy (non-hydrogen) atoms. The lowest BCUT2D eigenvalue weighted by atomic mass is 10.2. The summed E-state index contributed by atoms with van der Waals surface area (Å²) >= 11 is 0. The van der Waals surface area contributed by atoms with Crippen LogP contribution in [0.2, 0.25) is 0 Å². The Hall–Kier alpha value is -3.92. The molecule has 0 unspecified atom stereocenters. The molecule has 0 heterocycles. The summed E-state index contributed by atoms with van der Waals surface area (Å²) in [4.78, 5) is 35.4. The predicted molar refractivity (Wildman–Crippen MR) is 123 cm³/mol. The molecule has 0 aliphatic carbocycles. The van der Waals surface area contributed by atoms with Crippen molar-refractivity contribution in [1.29, 1.82) is 0 Å². The first kappa shape index (κ1) is 25.3. The van der Waals surface area contributed by atoms with E-state index in [0.29, 0.717) is 42.3 Å². The van der Waals surface area contributed by atoms with Crippen molar-refractivity contribution in [3.05, 3.63) is 54.1 Å². The number of rotatable bonds is 13. The summed E-state index contributed by atoms with van der Waals surface area (Å²) in [7, 11) is 3.15. The lowest BCUT2D eigenvalue weighted by Crippen LogP contribution is -2.30. The lowest BCUT2D eigenvalue weighted by Gasteiger charge is -2.08. The molecule has 2 aromatic carbocycles. The van der Waals surface area contributed by atoms with Crippen LogP contribution in [-0.4, -0.2) is 57.9 Å². The van der Waals surface area contributed by atoms with Crippen molar-refractivity contribution in [2.75, 3.05) is 39.3 Å². The first-order valence-corrected chi connectivity index (χ1v) is 10.2. The topological polar surface area (TPSA) is 127 Å². The van der Waals surface area contributed by atoms with E-state index in [9.17, 15) is 14.4 Å². The van der Waals surface area contributed by atoms with Crippen molar-refractivity contribution in [3.8, 4) is 11.5 Å². The van der Waals surface area contributed by atoms with E-state index in [-0.39, 0.29) is 24.8 Å². The fraction of sp³-hybridized carbons (Fsp3) is 0.304. The predicted octanol–water partition coefficient (Wildman–Crippen LogP) is 1.71. The van der Waals surface area contributed by atoms with Gasteiger partial charge in [0.2, 0.25) is 11.8 Å². The molecule has 0 aliphatic rings.